The molecule has 0 bridgehead atoms. The van der Waals surface area contributed by atoms with Gasteiger partial charge in [0.2, 0.25) is 0 Å². The Bertz CT molecular complexity index is 454. The van der Waals surface area contributed by atoms with E-state index in [1.807, 2.05) is 12.5 Å². The van der Waals surface area contributed by atoms with Gasteiger partial charge in [0.05, 0.1) is 6.33 Å². The van der Waals surface area contributed by atoms with Crippen molar-refractivity contribution in [2.75, 3.05) is 0 Å². The molecule has 0 radical (unpaired) electrons. The number of carbonyl (C=O) groups is 1. The van der Waals surface area contributed by atoms with Gasteiger partial charge in [-0.3, -0.25) is 4.79 Å². The largest absolute Gasteiger partial charge is 0.481 e. The quantitative estimate of drug-likeness (QED) is 0.288. The molecule has 1 heterocycles. The minimum atomic E-state index is -0.676. The molecular weight excluding hydrogens is 312 g/mol. The molecule has 0 aliphatic rings. The van der Waals surface area contributed by atoms with Gasteiger partial charge in [-0.1, -0.05) is 64.0 Å². The van der Waals surface area contributed by atoms with E-state index in [0.717, 1.165) is 32.1 Å². The summed E-state index contributed by atoms with van der Waals surface area (Å²) in [6.45, 7) is 2.25. The minimum Gasteiger partial charge on any atom is -0.481 e. The smallest absolute Gasteiger partial charge is 0.303 e. The van der Waals surface area contributed by atoms with Gasteiger partial charge >= 0.3 is 5.97 Å². The van der Waals surface area contributed by atoms with Crippen molar-refractivity contribution in [1.29, 1.82) is 0 Å². The predicted molar refractivity (Wildman–Crippen MR) is 104 cm³/mol. The minimum absolute atomic E-state index is 0.313. The van der Waals surface area contributed by atoms with Crippen LogP contribution >= 0.6 is 0 Å². The molecule has 0 saturated carbocycles. The zero-order valence-corrected chi connectivity index (χ0v) is 15.9. The van der Waals surface area contributed by atoms with E-state index in [-0.39, 0.29) is 0 Å². The Morgan fingerprint density at radius 2 is 1.84 bits per heavy atom. The predicted octanol–water partition coefficient (Wildman–Crippen LogP) is 6.16. The summed E-state index contributed by atoms with van der Waals surface area (Å²) in [6.07, 6.45) is 24.9. The molecule has 1 aromatic heterocycles. The van der Waals surface area contributed by atoms with Gasteiger partial charge in [-0.15, -0.1) is 0 Å². The SMILES string of the molecule is CCCCCCC(C/C=C\CCCCCCCC(=O)O)n1ccnc1. The molecule has 0 aliphatic carbocycles. The monoisotopic (exact) mass is 348 g/mol. The van der Waals surface area contributed by atoms with E-state index in [2.05, 4.69) is 34.8 Å². The number of hydrogen-bond donors (Lipinski definition) is 1. The molecule has 0 aromatic carbocycles. The fraction of sp³-hybridized carbons (Fsp3) is 0.714. The molecule has 1 rings (SSSR count). The summed E-state index contributed by atoms with van der Waals surface area (Å²) in [5.74, 6) is -0.676. The van der Waals surface area contributed by atoms with Crippen molar-refractivity contribution in [2.45, 2.75) is 96.4 Å². The number of rotatable bonds is 16. The van der Waals surface area contributed by atoms with Crippen molar-refractivity contribution in [2.24, 2.45) is 0 Å². The topological polar surface area (TPSA) is 55.1 Å². The molecule has 0 aliphatic heterocycles. The molecular formula is C21H36N2O2. The van der Waals surface area contributed by atoms with Gasteiger partial charge in [0.1, 0.15) is 0 Å². The van der Waals surface area contributed by atoms with Crippen LogP contribution in [0.4, 0.5) is 0 Å². The maximum absolute atomic E-state index is 10.4. The molecule has 0 fully saturated rings. The maximum atomic E-state index is 10.4. The van der Waals surface area contributed by atoms with Crippen molar-refractivity contribution in [3.63, 3.8) is 0 Å². The highest BCUT2D eigenvalue weighted by atomic mass is 16.4. The summed E-state index contributed by atoms with van der Waals surface area (Å²) < 4.78 is 2.25. The molecule has 4 nitrogen and oxygen atoms in total. The van der Waals surface area contributed by atoms with Gasteiger partial charge in [-0.05, 0) is 32.1 Å². The summed E-state index contributed by atoms with van der Waals surface area (Å²) in [7, 11) is 0. The van der Waals surface area contributed by atoms with E-state index in [9.17, 15) is 4.79 Å². The molecule has 1 atom stereocenters. The first-order chi connectivity index (χ1) is 12.2. The van der Waals surface area contributed by atoms with Gasteiger partial charge in [-0.2, -0.15) is 0 Å². The van der Waals surface area contributed by atoms with Crippen LogP contribution < -0.4 is 0 Å². The number of carboxylic acids is 1. The summed E-state index contributed by atoms with van der Waals surface area (Å²) in [6, 6.07) is 0.534. The van der Waals surface area contributed by atoms with E-state index in [1.54, 1.807) is 0 Å². The third kappa shape index (κ3) is 11.6. The van der Waals surface area contributed by atoms with Crippen LogP contribution in [0.5, 0.6) is 0 Å². The highest BCUT2D eigenvalue weighted by molar-refractivity contribution is 5.66. The molecule has 25 heavy (non-hydrogen) atoms. The lowest BCUT2D eigenvalue weighted by molar-refractivity contribution is -0.137. The summed E-state index contributed by atoms with van der Waals surface area (Å²) >= 11 is 0. The molecule has 142 valence electrons. The van der Waals surface area contributed by atoms with Gasteiger partial charge in [0.15, 0.2) is 0 Å². The number of imidazole rings is 1. The normalized spacial score (nSPS) is 12.7. The average Bonchev–Trinajstić information content (AvgIpc) is 3.12. The highest BCUT2D eigenvalue weighted by Gasteiger charge is 2.08. The van der Waals surface area contributed by atoms with Crippen LogP contribution in [0.1, 0.15) is 96.4 Å². The zero-order valence-electron chi connectivity index (χ0n) is 15.9. The van der Waals surface area contributed by atoms with Gasteiger partial charge in [-0.25, -0.2) is 4.98 Å². The number of nitrogens with zero attached hydrogens (tertiary/aromatic N) is 2. The second-order valence-electron chi connectivity index (χ2n) is 6.92. The van der Waals surface area contributed by atoms with E-state index in [4.69, 9.17) is 5.11 Å². The second kappa shape index (κ2) is 14.7. The van der Waals surface area contributed by atoms with Gasteiger partial charge in [0, 0.05) is 24.9 Å². The maximum Gasteiger partial charge on any atom is 0.303 e. The van der Waals surface area contributed by atoms with Gasteiger partial charge in [0.25, 0.3) is 0 Å². The van der Waals surface area contributed by atoms with Crippen molar-refractivity contribution >= 4 is 5.97 Å². The Balaban J connectivity index is 2.13. The van der Waals surface area contributed by atoms with Crippen LogP contribution in [-0.2, 0) is 4.79 Å². The number of carboxylic acid groups (broad SMARTS) is 1. The Kier molecular flexibility index (Phi) is 12.7. The first kappa shape index (κ1) is 21.5. The first-order valence-electron chi connectivity index (χ1n) is 10.1. The van der Waals surface area contributed by atoms with Crippen LogP contribution in [-0.4, -0.2) is 20.6 Å². The van der Waals surface area contributed by atoms with Crippen LogP contribution in [0.15, 0.2) is 30.9 Å². The number of unbranched alkanes of at least 4 members (excludes halogenated alkanes) is 8. The van der Waals surface area contributed by atoms with Gasteiger partial charge < -0.3 is 9.67 Å². The number of hydrogen-bond acceptors (Lipinski definition) is 2. The fourth-order valence-corrected chi connectivity index (χ4v) is 3.12. The van der Waals surface area contributed by atoms with Crippen LogP contribution in [0.2, 0.25) is 0 Å². The first-order valence-corrected chi connectivity index (χ1v) is 10.1. The van der Waals surface area contributed by atoms with E-state index < -0.39 is 5.97 Å². The summed E-state index contributed by atoms with van der Waals surface area (Å²) in [5, 5.41) is 8.59. The molecule has 0 spiro atoms. The molecule has 1 unspecified atom stereocenters. The molecule has 1 aromatic rings. The lowest BCUT2D eigenvalue weighted by Gasteiger charge is -2.16. The third-order valence-corrected chi connectivity index (χ3v) is 4.67. The molecule has 0 saturated heterocycles. The van der Waals surface area contributed by atoms with E-state index in [0.29, 0.717) is 12.5 Å². The molecule has 0 amide bonds. The van der Waals surface area contributed by atoms with E-state index >= 15 is 0 Å². The lowest BCUT2D eigenvalue weighted by atomic mass is 10.0. The van der Waals surface area contributed by atoms with Crippen LogP contribution in [0.3, 0.4) is 0 Å². The zero-order chi connectivity index (χ0) is 18.2. The third-order valence-electron chi connectivity index (χ3n) is 4.67. The standard InChI is InChI=1S/C21H36N2O2/c1-2-3-4-11-14-20(23-18-17-22-19-23)15-12-9-7-5-6-8-10-13-16-21(24)25/h9,12,17-20H,2-8,10-11,13-16H2,1H3,(H,24,25)/b12-9-. The average molecular weight is 349 g/mol. The lowest BCUT2D eigenvalue weighted by Crippen LogP contribution is -2.06. The van der Waals surface area contributed by atoms with E-state index in [1.165, 1.54) is 44.9 Å². The second-order valence-corrected chi connectivity index (χ2v) is 6.92. The summed E-state index contributed by atoms with van der Waals surface area (Å²) in [5.41, 5.74) is 0. The summed E-state index contributed by atoms with van der Waals surface area (Å²) in [4.78, 5) is 14.6. The van der Waals surface area contributed by atoms with Crippen LogP contribution in [0.25, 0.3) is 0 Å². The van der Waals surface area contributed by atoms with Crippen molar-refractivity contribution in [1.82, 2.24) is 9.55 Å². The Morgan fingerprint density at radius 3 is 2.56 bits per heavy atom. The van der Waals surface area contributed by atoms with Crippen molar-refractivity contribution in [3.05, 3.63) is 30.9 Å². The Labute approximate surface area is 153 Å². The number of aliphatic carboxylic acids is 1. The van der Waals surface area contributed by atoms with Crippen molar-refractivity contribution in [3.8, 4) is 0 Å². The Morgan fingerprint density at radius 1 is 1.08 bits per heavy atom. The number of aromatic nitrogens is 2. The number of allylic oxidation sites excluding steroid dienone is 2. The van der Waals surface area contributed by atoms with Crippen molar-refractivity contribution < 1.29 is 9.90 Å². The Hall–Kier alpha value is -1.58. The fourth-order valence-electron chi connectivity index (χ4n) is 3.12. The highest BCUT2D eigenvalue weighted by Crippen LogP contribution is 2.20. The van der Waals surface area contributed by atoms with Crippen LogP contribution in [0, 0.1) is 0 Å². The molecule has 4 heteroatoms. The molecule has 1 N–H and O–H groups in total.